The molecule has 6 nitrogen and oxygen atoms in total. The van der Waals surface area contributed by atoms with E-state index >= 15 is 0 Å². The predicted octanol–water partition coefficient (Wildman–Crippen LogP) is 2.57. The van der Waals surface area contributed by atoms with E-state index in [-0.39, 0.29) is 6.61 Å². The number of hydrogen-bond donors (Lipinski definition) is 1. The van der Waals surface area contributed by atoms with Gasteiger partial charge in [-0.3, -0.25) is 0 Å². The average molecular weight is 308 g/mol. The van der Waals surface area contributed by atoms with E-state index in [2.05, 4.69) is 10.1 Å². The first-order valence-corrected chi connectivity index (χ1v) is 7.42. The van der Waals surface area contributed by atoms with Gasteiger partial charge >= 0.3 is 0 Å². The van der Waals surface area contributed by atoms with Crippen LogP contribution in [0.4, 0.5) is 5.82 Å². The molecule has 3 aromatic heterocycles. The van der Waals surface area contributed by atoms with Crippen molar-refractivity contribution >= 4 is 22.4 Å². The summed E-state index contributed by atoms with van der Waals surface area (Å²) in [5, 5.41) is 14.7. The van der Waals surface area contributed by atoms with Gasteiger partial charge in [-0.1, -0.05) is 18.2 Å². The summed E-state index contributed by atoms with van der Waals surface area (Å²) in [7, 11) is 1.89. The number of rotatable bonds is 4. The maximum absolute atomic E-state index is 9.08. The Bertz CT molecular complexity index is 940. The highest BCUT2D eigenvalue weighted by molar-refractivity contribution is 5.82. The highest BCUT2D eigenvalue weighted by atomic mass is 16.3. The third kappa shape index (κ3) is 2.33. The number of fused-ring (bicyclic) bond motifs is 2. The molecule has 0 unspecified atom stereocenters. The fraction of sp³-hybridized carbons (Fsp3) is 0.176. The Hall–Kier alpha value is -2.86. The zero-order valence-corrected chi connectivity index (χ0v) is 12.7. The number of anilines is 1. The van der Waals surface area contributed by atoms with E-state index < -0.39 is 0 Å². The van der Waals surface area contributed by atoms with Crippen LogP contribution in [-0.4, -0.2) is 39.9 Å². The fourth-order valence-electron chi connectivity index (χ4n) is 2.61. The fourth-order valence-corrected chi connectivity index (χ4v) is 2.61. The Morgan fingerprint density at radius 2 is 2.09 bits per heavy atom. The molecule has 0 spiro atoms. The number of hydrogen-bond acceptors (Lipinski definition) is 5. The van der Waals surface area contributed by atoms with Gasteiger partial charge in [-0.05, 0) is 24.3 Å². The number of aliphatic hydroxyl groups excluding tert-OH is 1. The van der Waals surface area contributed by atoms with Crippen molar-refractivity contribution in [3.05, 3.63) is 48.7 Å². The molecule has 0 aliphatic rings. The van der Waals surface area contributed by atoms with Crippen molar-refractivity contribution in [3.63, 3.8) is 0 Å². The zero-order valence-electron chi connectivity index (χ0n) is 12.7. The lowest BCUT2D eigenvalue weighted by Gasteiger charge is -2.16. The van der Waals surface area contributed by atoms with Gasteiger partial charge in [0.2, 0.25) is 0 Å². The lowest BCUT2D eigenvalue weighted by molar-refractivity contribution is 0.303. The summed E-state index contributed by atoms with van der Waals surface area (Å²) in [6, 6.07) is 13.7. The van der Waals surface area contributed by atoms with E-state index in [4.69, 9.17) is 9.52 Å². The minimum absolute atomic E-state index is 0.0799. The number of aliphatic hydroxyl groups is 1. The second-order valence-electron chi connectivity index (χ2n) is 5.40. The molecule has 3 heterocycles. The van der Waals surface area contributed by atoms with Crippen LogP contribution in [0, 0.1) is 0 Å². The van der Waals surface area contributed by atoms with Crippen LogP contribution in [0.25, 0.3) is 28.1 Å². The van der Waals surface area contributed by atoms with E-state index in [1.807, 2.05) is 54.4 Å². The van der Waals surface area contributed by atoms with Gasteiger partial charge in [-0.15, -0.1) is 5.10 Å². The molecule has 23 heavy (non-hydrogen) atoms. The lowest BCUT2D eigenvalue weighted by Crippen LogP contribution is -2.22. The molecule has 0 aliphatic carbocycles. The number of imidazole rings is 1. The summed E-state index contributed by atoms with van der Waals surface area (Å²) < 4.78 is 7.68. The number of likely N-dealkylation sites (N-methyl/N-ethyl adjacent to an activating group) is 1. The molecular weight excluding hydrogens is 292 g/mol. The van der Waals surface area contributed by atoms with Gasteiger partial charge in [0.1, 0.15) is 17.1 Å². The standard InChI is InChI=1S/C17H16N4O2/c1-20(8-9-22)17-7-6-16-18-11-13(21(16)19-17)15-10-12-4-2-3-5-14(12)23-15/h2-7,10-11,22H,8-9H2,1H3. The summed E-state index contributed by atoms with van der Waals surface area (Å²) >= 11 is 0. The Kier molecular flexibility index (Phi) is 3.24. The molecule has 0 radical (unpaired) electrons. The van der Waals surface area contributed by atoms with Gasteiger partial charge in [0.05, 0.1) is 12.8 Å². The molecule has 0 saturated carbocycles. The third-order valence-electron chi connectivity index (χ3n) is 3.85. The minimum atomic E-state index is 0.0799. The molecular formula is C17H16N4O2. The maximum atomic E-state index is 9.08. The second kappa shape index (κ2) is 5.40. The summed E-state index contributed by atoms with van der Waals surface area (Å²) in [4.78, 5) is 6.27. The first-order valence-electron chi connectivity index (χ1n) is 7.42. The highest BCUT2D eigenvalue weighted by Crippen LogP contribution is 2.28. The second-order valence-corrected chi connectivity index (χ2v) is 5.40. The first-order chi connectivity index (χ1) is 11.3. The van der Waals surface area contributed by atoms with Crippen LogP contribution in [0.15, 0.2) is 53.1 Å². The number of nitrogens with zero attached hydrogens (tertiary/aromatic N) is 4. The van der Waals surface area contributed by atoms with Gasteiger partial charge in [0.25, 0.3) is 0 Å². The molecule has 0 amide bonds. The Morgan fingerprint density at radius 1 is 1.22 bits per heavy atom. The van der Waals surface area contributed by atoms with Gasteiger partial charge in [-0.2, -0.15) is 0 Å². The first kappa shape index (κ1) is 13.8. The van der Waals surface area contributed by atoms with E-state index in [0.29, 0.717) is 6.54 Å². The molecule has 0 fully saturated rings. The summed E-state index contributed by atoms with van der Waals surface area (Å²) in [5.41, 5.74) is 2.39. The zero-order chi connectivity index (χ0) is 15.8. The summed E-state index contributed by atoms with van der Waals surface area (Å²) in [6.45, 7) is 0.601. The monoisotopic (exact) mass is 308 g/mol. The summed E-state index contributed by atoms with van der Waals surface area (Å²) in [5.74, 6) is 1.50. The average Bonchev–Trinajstić information content (AvgIpc) is 3.17. The lowest BCUT2D eigenvalue weighted by atomic mass is 10.2. The third-order valence-corrected chi connectivity index (χ3v) is 3.85. The predicted molar refractivity (Wildman–Crippen MR) is 88.6 cm³/mol. The molecule has 6 heteroatoms. The van der Waals surface area contributed by atoms with Crippen LogP contribution < -0.4 is 4.90 Å². The molecule has 4 rings (SSSR count). The van der Waals surface area contributed by atoms with E-state index in [1.165, 1.54) is 0 Å². The van der Waals surface area contributed by atoms with Gasteiger partial charge < -0.3 is 14.4 Å². The van der Waals surface area contributed by atoms with Crippen molar-refractivity contribution in [3.8, 4) is 11.5 Å². The van der Waals surface area contributed by atoms with Crippen LogP contribution >= 0.6 is 0 Å². The van der Waals surface area contributed by atoms with Gasteiger partial charge in [0, 0.05) is 19.0 Å². The number of aromatic nitrogens is 3. The smallest absolute Gasteiger partial charge is 0.155 e. The molecule has 1 aromatic carbocycles. The molecule has 0 bridgehead atoms. The van der Waals surface area contributed by atoms with Gasteiger partial charge in [-0.25, -0.2) is 9.50 Å². The quantitative estimate of drug-likeness (QED) is 0.627. The van der Waals surface area contributed by atoms with Crippen molar-refractivity contribution < 1.29 is 9.52 Å². The van der Waals surface area contributed by atoms with Crippen molar-refractivity contribution in [1.82, 2.24) is 14.6 Å². The van der Waals surface area contributed by atoms with Crippen molar-refractivity contribution in [2.24, 2.45) is 0 Å². The summed E-state index contributed by atoms with van der Waals surface area (Å²) in [6.07, 6.45) is 1.76. The molecule has 0 aliphatic heterocycles. The molecule has 4 aromatic rings. The van der Waals surface area contributed by atoms with Crippen LogP contribution in [-0.2, 0) is 0 Å². The van der Waals surface area contributed by atoms with E-state index in [9.17, 15) is 0 Å². The van der Waals surface area contributed by atoms with Crippen LogP contribution in [0.1, 0.15) is 0 Å². The maximum Gasteiger partial charge on any atom is 0.155 e. The highest BCUT2D eigenvalue weighted by Gasteiger charge is 2.13. The minimum Gasteiger partial charge on any atom is -0.454 e. The van der Waals surface area contributed by atoms with Crippen LogP contribution in [0.2, 0.25) is 0 Å². The van der Waals surface area contributed by atoms with E-state index in [1.54, 1.807) is 10.7 Å². The van der Waals surface area contributed by atoms with Crippen molar-refractivity contribution in [2.45, 2.75) is 0 Å². The Labute approximate surface area is 132 Å². The SMILES string of the molecule is CN(CCO)c1ccc2ncc(-c3cc4ccccc4o3)n2n1. The topological polar surface area (TPSA) is 66.8 Å². The Balaban J connectivity index is 1.84. The Morgan fingerprint density at radius 3 is 2.91 bits per heavy atom. The van der Waals surface area contributed by atoms with Crippen molar-refractivity contribution in [2.75, 3.05) is 25.1 Å². The van der Waals surface area contributed by atoms with Crippen LogP contribution in [0.5, 0.6) is 0 Å². The largest absolute Gasteiger partial charge is 0.454 e. The number of benzene rings is 1. The molecule has 1 N–H and O–H groups in total. The normalized spacial score (nSPS) is 11.4. The molecule has 0 atom stereocenters. The number of para-hydroxylation sites is 1. The number of furan rings is 1. The van der Waals surface area contributed by atoms with E-state index in [0.717, 1.165) is 33.9 Å². The van der Waals surface area contributed by atoms with Gasteiger partial charge in [0.15, 0.2) is 11.4 Å². The van der Waals surface area contributed by atoms with Crippen molar-refractivity contribution in [1.29, 1.82) is 0 Å². The molecule has 116 valence electrons. The van der Waals surface area contributed by atoms with Crippen LogP contribution in [0.3, 0.4) is 0 Å². The molecule has 0 saturated heterocycles.